The molecule has 1 unspecified atom stereocenters. The molecule has 0 aliphatic carbocycles. The Balaban J connectivity index is 2.81. The van der Waals surface area contributed by atoms with Crippen molar-refractivity contribution in [3.05, 3.63) is 27.7 Å². The van der Waals surface area contributed by atoms with E-state index in [0.29, 0.717) is 0 Å². The third-order valence-corrected chi connectivity index (χ3v) is 2.81. The summed E-state index contributed by atoms with van der Waals surface area (Å²) in [5.74, 6) is -1.21. The average Bonchev–Trinajstić information content (AvgIpc) is 2.34. The van der Waals surface area contributed by atoms with Crippen molar-refractivity contribution in [2.24, 2.45) is 5.73 Å². The maximum atomic E-state index is 11.7. The van der Waals surface area contributed by atoms with E-state index >= 15 is 0 Å². The molecule has 0 saturated carbocycles. The van der Waals surface area contributed by atoms with Crippen molar-refractivity contribution in [1.82, 2.24) is 5.32 Å². The van der Waals surface area contributed by atoms with Crippen molar-refractivity contribution >= 4 is 35.0 Å². The summed E-state index contributed by atoms with van der Waals surface area (Å²) in [6, 6.07) is 2.72. The highest BCUT2D eigenvalue weighted by Gasteiger charge is 2.16. The summed E-state index contributed by atoms with van der Waals surface area (Å²) in [5.41, 5.74) is 5.02. The van der Waals surface area contributed by atoms with Crippen molar-refractivity contribution in [3.63, 3.8) is 0 Å². The van der Waals surface area contributed by atoms with Gasteiger partial charge in [0.15, 0.2) is 5.75 Å². The quantitative estimate of drug-likeness (QED) is 0.740. The van der Waals surface area contributed by atoms with Crippen LogP contribution in [0.5, 0.6) is 5.75 Å². The molecule has 8 heteroatoms. The minimum Gasteiger partial charge on any atom is -0.494 e. The molecule has 1 aromatic rings. The second-order valence-electron chi connectivity index (χ2n) is 3.60. The summed E-state index contributed by atoms with van der Waals surface area (Å²) in [4.78, 5) is 22.3. The lowest BCUT2D eigenvalue weighted by Crippen LogP contribution is -2.39. The number of nitrogens with one attached hydrogen (secondary N) is 1. The van der Waals surface area contributed by atoms with Crippen LogP contribution in [0.4, 0.5) is 0 Å². The molecule has 0 aliphatic rings. The fraction of sp³-hybridized carbons (Fsp3) is 0.273. The summed E-state index contributed by atoms with van der Waals surface area (Å²) in [6.45, 7) is -0.296. The molecule has 0 spiro atoms. The van der Waals surface area contributed by atoms with Gasteiger partial charge in [-0.2, -0.15) is 0 Å². The number of aliphatic hydroxyl groups excluding tert-OH is 1. The van der Waals surface area contributed by atoms with Crippen molar-refractivity contribution in [1.29, 1.82) is 0 Å². The Hall–Kier alpha value is -1.50. The van der Waals surface area contributed by atoms with Gasteiger partial charge in [-0.05, 0) is 12.1 Å². The van der Waals surface area contributed by atoms with Crippen LogP contribution in [0.2, 0.25) is 10.0 Å². The number of hydrogen-bond donors (Lipinski definition) is 3. The van der Waals surface area contributed by atoms with Gasteiger partial charge in [0, 0.05) is 5.56 Å². The first-order valence-electron chi connectivity index (χ1n) is 5.15. The predicted octanol–water partition coefficient (Wildman–Crippen LogP) is 0.578. The fourth-order valence-electron chi connectivity index (χ4n) is 1.28. The van der Waals surface area contributed by atoms with E-state index in [9.17, 15) is 9.59 Å². The Kier molecular flexibility index (Phi) is 5.41. The number of primary amides is 1. The van der Waals surface area contributed by atoms with Crippen LogP contribution < -0.4 is 15.8 Å². The minimum atomic E-state index is -1.45. The molecule has 19 heavy (non-hydrogen) atoms. The van der Waals surface area contributed by atoms with Crippen LogP contribution in [-0.4, -0.2) is 36.7 Å². The van der Waals surface area contributed by atoms with Crippen LogP contribution in [0.25, 0.3) is 0 Å². The van der Waals surface area contributed by atoms with Crippen molar-refractivity contribution in [2.75, 3.05) is 13.7 Å². The number of ether oxygens (including phenoxy) is 1. The molecule has 104 valence electrons. The van der Waals surface area contributed by atoms with Gasteiger partial charge < -0.3 is 20.9 Å². The molecular formula is C11H12Cl2N2O4. The maximum Gasteiger partial charge on any atom is 0.251 e. The van der Waals surface area contributed by atoms with Crippen molar-refractivity contribution in [2.45, 2.75) is 6.10 Å². The zero-order chi connectivity index (χ0) is 14.6. The van der Waals surface area contributed by atoms with E-state index in [2.05, 4.69) is 5.32 Å². The van der Waals surface area contributed by atoms with Gasteiger partial charge in [-0.1, -0.05) is 23.2 Å². The SMILES string of the molecule is COc1c(Cl)cc(C(=O)NCC(O)C(N)=O)cc1Cl. The zero-order valence-corrected chi connectivity index (χ0v) is 11.5. The summed E-state index contributed by atoms with van der Waals surface area (Å²) in [6.07, 6.45) is -1.45. The summed E-state index contributed by atoms with van der Waals surface area (Å²) in [5, 5.41) is 11.8. The van der Waals surface area contributed by atoms with Gasteiger partial charge in [-0.15, -0.1) is 0 Å². The smallest absolute Gasteiger partial charge is 0.251 e. The number of nitrogens with two attached hydrogens (primary N) is 1. The number of amides is 2. The molecule has 0 radical (unpaired) electrons. The van der Waals surface area contributed by atoms with Gasteiger partial charge in [0.1, 0.15) is 6.10 Å². The molecule has 4 N–H and O–H groups in total. The van der Waals surface area contributed by atoms with Gasteiger partial charge in [-0.25, -0.2) is 0 Å². The van der Waals surface area contributed by atoms with E-state index in [0.717, 1.165) is 0 Å². The van der Waals surface area contributed by atoms with Crippen molar-refractivity contribution < 1.29 is 19.4 Å². The Labute approximate surface area is 119 Å². The van der Waals surface area contributed by atoms with Crippen molar-refractivity contribution in [3.8, 4) is 5.75 Å². The van der Waals surface area contributed by atoms with Gasteiger partial charge in [0.2, 0.25) is 5.91 Å². The number of carbonyl (C=O) groups excluding carboxylic acids is 2. The molecule has 0 aromatic heterocycles. The molecule has 1 atom stereocenters. The first-order valence-corrected chi connectivity index (χ1v) is 5.91. The number of hydrogen-bond acceptors (Lipinski definition) is 4. The van der Waals surface area contributed by atoms with E-state index in [1.165, 1.54) is 19.2 Å². The monoisotopic (exact) mass is 306 g/mol. The van der Waals surface area contributed by atoms with E-state index < -0.39 is 17.9 Å². The first-order chi connectivity index (χ1) is 8.86. The van der Waals surface area contributed by atoms with Gasteiger partial charge in [0.25, 0.3) is 5.91 Å². The lowest BCUT2D eigenvalue weighted by Gasteiger charge is -2.11. The van der Waals surface area contributed by atoms with Gasteiger partial charge in [0.05, 0.1) is 23.7 Å². The normalized spacial score (nSPS) is 11.8. The zero-order valence-electron chi connectivity index (χ0n) is 9.94. The van der Waals surface area contributed by atoms with Crippen LogP contribution in [0.15, 0.2) is 12.1 Å². The van der Waals surface area contributed by atoms with E-state index in [1.807, 2.05) is 0 Å². The van der Waals surface area contributed by atoms with Crippen LogP contribution in [0.1, 0.15) is 10.4 Å². The first kappa shape index (κ1) is 15.6. The molecule has 1 aromatic carbocycles. The molecule has 6 nitrogen and oxygen atoms in total. The lowest BCUT2D eigenvalue weighted by molar-refractivity contribution is -0.125. The standard InChI is InChI=1S/C11H12Cl2N2O4/c1-19-9-6(12)2-5(3-7(9)13)11(18)15-4-8(16)10(14)17/h2-3,8,16H,4H2,1H3,(H2,14,17)(H,15,18). The average molecular weight is 307 g/mol. The Bertz CT molecular complexity index is 484. The van der Waals surface area contributed by atoms with Crippen LogP contribution in [-0.2, 0) is 4.79 Å². The molecule has 1 rings (SSSR count). The highest BCUT2D eigenvalue weighted by atomic mass is 35.5. The molecule has 0 saturated heterocycles. The Morgan fingerprint density at radius 3 is 2.37 bits per heavy atom. The minimum absolute atomic E-state index is 0.174. The number of carbonyl (C=O) groups is 2. The largest absolute Gasteiger partial charge is 0.494 e. The Morgan fingerprint density at radius 1 is 1.42 bits per heavy atom. The third-order valence-electron chi connectivity index (χ3n) is 2.25. The summed E-state index contributed by atoms with van der Waals surface area (Å²) in [7, 11) is 1.40. The summed E-state index contributed by atoms with van der Waals surface area (Å²) < 4.78 is 4.94. The lowest BCUT2D eigenvalue weighted by atomic mass is 10.2. The highest BCUT2D eigenvalue weighted by Crippen LogP contribution is 2.33. The van der Waals surface area contributed by atoms with Gasteiger partial charge >= 0.3 is 0 Å². The number of aliphatic hydroxyl groups is 1. The topological polar surface area (TPSA) is 102 Å². The van der Waals surface area contributed by atoms with E-state index in [4.69, 9.17) is 38.8 Å². The fourth-order valence-corrected chi connectivity index (χ4v) is 1.92. The molecule has 2 amide bonds. The van der Waals surface area contributed by atoms with Crippen LogP contribution in [0, 0.1) is 0 Å². The second-order valence-corrected chi connectivity index (χ2v) is 4.42. The number of methoxy groups -OCH3 is 1. The summed E-state index contributed by atoms with van der Waals surface area (Å²) >= 11 is 11.8. The Morgan fingerprint density at radius 2 is 1.95 bits per heavy atom. The highest BCUT2D eigenvalue weighted by molar-refractivity contribution is 6.37. The predicted molar refractivity (Wildman–Crippen MR) is 70.5 cm³/mol. The third kappa shape index (κ3) is 3.99. The second kappa shape index (κ2) is 6.60. The molecule has 0 aliphatic heterocycles. The van der Waals surface area contributed by atoms with Crippen LogP contribution in [0.3, 0.4) is 0 Å². The van der Waals surface area contributed by atoms with E-state index in [-0.39, 0.29) is 27.9 Å². The molecule has 0 heterocycles. The number of halogens is 2. The number of benzene rings is 1. The molecule has 0 fully saturated rings. The molecular weight excluding hydrogens is 295 g/mol. The number of rotatable bonds is 5. The van der Waals surface area contributed by atoms with Gasteiger partial charge in [-0.3, -0.25) is 9.59 Å². The van der Waals surface area contributed by atoms with Crippen LogP contribution >= 0.6 is 23.2 Å². The molecule has 0 bridgehead atoms. The van der Waals surface area contributed by atoms with E-state index in [1.54, 1.807) is 0 Å². The maximum absolute atomic E-state index is 11.7.